The van der Waals surface area contributed by atoms with Crippen LogP contribution in [0.2, 0.25) is 5.02 Å². The van der Waals surface area contributed by atoms with Crippen LogP contribution in [0, 0.1) is 0 Å². The molecular formula is C24H19ClF3N4O2+. The zero-order valence-corrected chi connectivity index (χ0v) is 18.3. The van der Waals surface area contributed by atoms with E-state index in [1.807, 2.05) is 0 Å². The van der Waals surface area contributed by atoms with Gasteiger partial charge in [-0.05, 0) is 48.0 Å². The number of nitrogens with one attached hydrogen (secondary N) is 2. The SMILES string of the molecule is O=C(Nc1ccccc1Cl)N(Cc1cccc(O)c1)c1cc(C(F)(F)F)ccc1-[n+]1cc[nH]c1. The van der Waals surface area contributed by atoms with E-state index >= 15 is 0 Å². The highest BCUT2D eigenvalue weighted by molar-refractivity contribution is 6.33. The molecule has 3 aromatic carbocycles. The van der Waals surface area contributed by atoms with Gasteiger partial charge in [-0.25, -0.2) is 14.3 Å². The Bertz CT molecular complexity index is 1310. The molecule has 0 aliphatic heterocycles. The highest BCUT2D eigenvalue weighted by Crippen LogP contribution is 2.35. The molecule has 0 aliphatic rings. The van der Waals surface area contributed by atoms with Crippen LogP contribution in [0.1, 0.15) is 11.1 Å². The number of carbonyl (C=O) groups excluding carboxylic acids is 1. The van der Waals surface area contributed by atoms with Crippen molar-refractivity contribution in [3.8, 4) is 11.4 Å². The lowest BCUT2D eigenvalue weighted by Crippen LogP contribution is -2.38. The number of aromatic hydroxyl groups is 1. The molecule has 0 aliphatic carbocycles. The third kappa shape index (κ3) is 5.15. The van der Waals surface area contributed by atoms with Crippen LogP contribution in [0.25, 0.3) is 5.69 Å². The third-order valence-electron chi connectivity index (χ3n) is 5.03. The number of aromatic nitrogens is 2. The summed E-state index contributed by atoms with van der Waals surface area (Å²) in [5.41, 5.74) is 0.250. The fourth-order valence-electron chi connectivity index (χ4n) is 3.42. The molecule has 2 amide bonds. The first-order valence-electron chi connectivity index (χ1n) is 10.1. The molecule has 6 nitrogen and oxygen atoms in total. The van der Waals surface area contributed by atoms with Gasteiger partial charge in [0.05, 0.1) is 28.5 Å². The Labute approximate surface area is 197 Å². The van der Waals surface area contributed by atoms with Crippen LogP contribution >= 0.6 is 11.6 Å². The number of rotatable bonds is 5. The van der Waals surface area contributed by atoms with Gasteiger partial charge in [-0.3, -0.25) is 4.90 Å². The Morgan fingerprint density at radius 3 is 2.56 bits per heavy atom. The second-order valence-electron chi connectivity index (χ2n) is 7.39. The molecule has 4 rings (SSSR count). The highest BCUT2D eigenvalue weighted by Gasteiger charge is 2.33. The summed E-state index contributed by atoms with van der Waals surface area (Å²) in [7, 11) is 0. The Morgan fingerprint density at radius 1 is 1.09 bits per heavy atom. The standard InChI is InChI=1S/C24H18ClF3N4O2/c25-19-6-1-2-7-20(19)30-23(34)32(14-16-4-3-5-18(33)12-16)22-13-17(24(26,27)28)8-9-21(22)31-11-10-29-15-31/h1-13,15H,14H2,(H2,30,33,34)/p+1. The third-order valence-corrected chi connectivity index (χ3v) is 5.36. The fraction of sp³-hybridized carbons (Fsp3) is 0.0833. The van der Waals surface area contributed by atoms with Crippen molar-refractivity contribution in [3.05, 3.63) is 102 Å². The van der Waals surface area contributed by atoms with Crippen molar-refractivity contribution in [1.82, 2.24) is 4.98 Å². The summed E-state index contributed by atoms with van der Waals surface area (Å²) in [5.74, 6) is -0.0340. The molecule has 0 fully saturated rings. The van der Waals surface area contributed by atoms with Crippen molar-refractivity contribution >= 4 is 29.0 Å². The van der Waals surface area contributed by atoms with Gasteiger partial charge >= 0.3 is 12.2 Å². The summed E-state index contributed by atoms with van der Waals surface area (Å²) in [6.45, 7) is -0.121. The van der Waals surface area contributed by atoms with Gasteiger partial charge in [-0.2, -0.15) is 13.2 Å². The Balaban J connectivity index is 1.84. The van der Waals surface area contributed by atoms with Gasteiger partial charge < -0.3 is 10.4 Å². The number of para-hydroxylation sites is 1. The van der Waals surface area contributed by atoms with Crippen LogP contribution in [-0.4, -0.2) is 16.1 Å². The van der Waals surface area contributed by atoms with Gasteiger partial charge in [-0.1, -0.05) is 35.9 Å². The molecule has 3 N–H and O–H groups in total. The molecule has 10 heteroatoms. The molecule has 0 saturated heterocycles. The largest absolute Gasteiger partial charge is 0.508 e. The molecular weight excluding hydrogens is 469 g/mol. The molecule has 4 aromatic rings. The van der Waals surface area contributed by atoms with E-state index in [4.69, 9.17) is 11.6 Å². The van der Waals surface area contributed by atoms with E-state index in [1.54, 1.807) is 59.7 Å². The molecule has 0 bridgehead atoms. The molecule has 0 saturated carbocycles. The maximum atomic E-state index is 13.6. The Hall–Kier alpha value is -3.98. The average Bonchev–Trinajstić information content (AvgIpc) is 3.33. The van der Waals surface area contributed by atoms with Crippen molar-refractivity contribution in [2.24, 2.45) is 0 Å². The summed E-state index contributed by atoms with van der Waals surface area (Å²) in [5, 5.41) is 12.8. The summed E-state index contributed by atoms with van der Waals surface area (Å²) >= 11 is 6.17. The van der Waals surface area contributed by atoms with E-state index in [2.05, 4.69) is 10.3 Å². The summed E-state index contributed by atoms with van der Waals surface area (Å²) < 4.78 is 42.4. The number of nitrogens with zero attached hydrogens (tertiary/aromatic N) is 2. The number of urea groups is 1. The number of imidazole rings is 1. The zero-order chi connectivity index (χ0) is 24.3. The number of aromatic amines is 1. The van der Waals surface area contributed by atoms with E-state index in [1.165, 1.54) is 23.1 Å². The summed E-state index contributed by atoms with van der Waals surface area (Å²) in [6, 6.07) is 15.1. The number of anilines is 2. The maximum absolute atomic E-state index is 13.6. The summed E-state index contributed by atoms with van der Waals surface area (Å²) in [4.78, 5) is 17.4. The van der Waals surface area contributed by atoms with Crippen molar-refractivity contribution < 1.29 is 27.6 Å². The van der Waals surface area contributed by atoms with Crippen molar-refractivity contribution in [2.75, 3.05) is 10.2 Å². The number of alkyl halides is 3. The van der Waals surface area contributed by atoms with Gasteiger partial charge in [-0.15, -0.1) is 0 Å². The molecule has 0 radical (unpaired) electrons. The molecule has 1 heterocycles. The number of hydrogen-bond donors (Lipinski definition) is 3. The van der Waals surface area contributed by atoms with E-state index < -0.39 is 17.8 Å². The molecule has 34 heavy (non-hydrogen) atoms. The van der Waals surface area contributed by atoms with E-state index in [0.717, 1.165) is 12.1 Å². The number of hydrogen-bond acceptors (Lipinski definition) is 2. The number of phenols is 1. The summed E-state index contributed by atoms with van der Waals surface area (Å²) in [6.07, 6.45) is 0.145. The highest BCUT2D eigenvalue weighted by atomic mass is 35.5. The van der Waals surface area contributed by atoms with Gasteiger partial charge in [0.2, 0.25) is 6.33 Å². The number of H-pyrrole nitrogens is 1. The molecule has 0 spiro atoms. The van der Waals surface area contributed by atoms with Crippen LogP contribution in [0.3, 0.4) is 0 Å². The minimum absolute atomic E-state index is 0.00678. The van der Waals surface area contributed by atoms with E-state index in [0.29, 0.717) is 16.9 Å². The van der Waals surface area contributed by atoms with Crippen molar-refractivity contribution in [1.29, 1.82) is 0 Å². The van der Waals surface area contributed by atoms with Crippen LogP contribution in [-0.2, 0) is 12.7 Å². The Kier molecular flexibility index (Phi) is 6.47. The van der Waals surface area contributed by atoms with Gasteiger partial charge in [0, 0.05) is 0 Å². The minimum Gasteiger partial charge on any atom is -0.508 e. The number of amides is 2. The average molecular weight is 488 g/mol. The van der Waals surface area contributed by atoms with Crippen LogP contribution in [0.4, 0.5) is 29.3 Å². The number of carbonyl (C=O) groups is 1. The first-order valence-corrected chi connectivity index (χ1v) is 10.5. The van der Waals surface area contributed by atoms with Crippen LogP contribution in [0.5, 0.6) is 5.75 Å². The van der Waals surface area contributed by atoms with Crippen molar-refractivity contribution in [3.63, 3.8) is 0 Å². The van der Waals surface area contributed by atoms with Crippen LogP contribution in [0.15, 0.2) is 85.5 Å². The second kappa shape index (κ2) is 9.48. The Morgan fingerprint density at radius 2 is 1.88 bits per heavy atom. The topological polar surface area (TPSA) is 72.2 Å². The maximum Gasteiger partial charge on any atom is 0.416 e. The smallest absolute Gasteiger partial charge is 0.416 e. The lowest BCUT2D eigenvalue weighted by atomic mass is 10.1. The predicted molar refractivity (Wildman–Crippen MR) is 122 cm³/mol. The fourth-order valence-corrected chi connectivity index (χ4v) is 3.61. The quantitative estimate of drug-likeness (QED) is 0.306. The molecule has 1 aromatic heterocycles. The van der Waals surface area contributed by atoms with E-state index in [-0.39, 0.29) is 23.0 Å². The monoisotopic (exact) mass is 487 g/mol. The van der Waals surface area contributed by atoms with Crippen LogP contribution < -0.4 is 14.8 Å². The number of phenolic OH excluding ortho intramolecular Hbond substituents is 1. The number of halogens is 4. The first kappa shape index (κ1) is 23.2. The number of benzene rings is 3. The van der Waals surface area contributed by atoms with Gasteiger partial charge in [0.15, 0.2) is 5.69 Å². The van der Waals surface area contributed by atoms with Crippen molar-refractivity contribution in [2.45, 2.75) is 12.7 Å². The van der Waals surface area contributed by atoms with Gasteiger partial charge in [0.1, 0.15) is 18.1 Å². The molecule has 0 unspecified atom stereocenters. The first-order chi connectivity index (χ1) is 16.2. The lowest BCUT2D eigenvalue weighted by Gasteiger charge is -2.26. The molecule has 174 valence electrons. The zero-order valence-electron chi connectivity index (χ0n) is 17.6. The predicted octanol–water partition coefficient (Wildman–Crippen LogP) is 5.91. The normalized spacial score (nSPS) is 11.3. The second-order valence-corrected chi connectivity index (χ2v) is 7.79. The van der Waals surface area contributed by atoms with E-state index in [9.17, 15) is 23.1 Å². The minimum atomic E-state index is -4.62. The molecule has 0 atom stereocenters. The van der Waals surface area contributed by atoms with Gasteiger partial charge in [0.25, 0.3) is 0 Å². The lowest BCUT2D eigenvalue weighted by molar-refractivity contribution is -0.593.